The van der Waals surface area contributed by atoms with Crippen molar-refractivity contribution in [2.75, 3.05) is 16.8 Å². The van der Waals surface area contributed by atoms with Crippen LogP contribution in [0.5, 0.6) is 0 Å². The number of carbonyl (C=O) groups is 2. The molecule has 1 aromatic carbocycles. The summed E-state index contributed by atoms with van der Waals surface area (Å²) in [5, 5.41) is 5.29. The zero-order chi connectivity index (χ0) is 20.2. The number of nitrogens with two attached hydrogens (primary N) is 1. The van der Waals surface area contributed by atoms with E-state index in [1.54, 1.807) is 0 Å². The molecule has 10 heteroatoms. The highest BCUT2D eigenvalue weighted by molar-refractivity contribution is 7.99. The van der Waals surface area contributed by atoms with Gasteiger partial charge in [-0.2, -0.15) is 0 Å². The monoisotopic (exact) mass is 393 g/mol. The average molecular weight is 393 g/mol. The molecule has 2 rings (SSSR count). The normalized spacial score (nSPS) is 11.1. The summed E-state index contributed by atoms with van der Waals surface area (Å²) >= 11 is 1.01. The third-order valence-corrected chi connectivity index (χ3v) is 4.00. The first-order valence-corrected chi connectivity index (χ1v) is 8.94. The third-order valence-electron chi connectivity index (χ3n) is 3.13. The topological polar surface area (TPSA) is 130 Å². The molecule has 0 unspecified atom stereocenters. The van der Waals surface area contributed by atoms with Crippen LogP contribution in [0.4, 0.5) is 15.9 Å². The molecule has 2 amide bonds. The summed E-state index contributed by atoms with van der Waals surface area (Å²) in [7, 11) is 0. The Morgan fingerprint density at radius 3 is 2.44 bits per heavy atom. The van der Waals surface area contributed by atoms with E-state index >= 15 is 0 Å². The van der Waals surface area contributed by atoms with Gasteiger partial charge >= 0.3 is 0 Å². The molecule has 0 fully saturated rings. The van der Waals surface area contributed by atoms with Gasteiger partial charge in [-0.3, -0.25) is 19.4 Å². The van der Waals surface area contributed by atoms with Crippen molar-refractivity contribution in [1.29, 1.82) is 0 Å². The van der Waals surface area contributed by atoms with E-state index in [1.165, 1.54) is 12.1 Å². The van der Waals surface area contributed by atoms with Gasteiger partial charge in [-0.05, 0) is 45.0 Å². The standard InChI is InChI=1S/C17H20FN5O3S/c1-17(2,3)23-11(24)8-27-16-21-13(19)12(15(26)22-16)20-14(25)9-4-6-10(18)7-5-9/h4-7H,8H2,1-3H3,(H,20,25)(H,23,24)(H3,19,21,22,26). The first-order valence-electron chi connectivity index (χ1n) is 7.95. The second-order valence-corrected chi connectivity index (χ2v) is 7.64. The van der Waals surface area contributed by atoms with Crippen LogP contribution in [-0.2, 0) is 4.79 Å². The van der Waals surface area contributed by atoms with E-state index in [4.69, 9.17) is 5.73 Å². The van der Waals surface area contributed by atoms with Crippen LogP contribution < -0.4 is 21.9 Å². The summed E-state index contributed by atoms with van der Waals surface area (Å²) in [5.41, 5.74) is 4.68. The Morgan fingerprint density at radius 2 is 1.89 bits per heavy atom. The summed E-state index contributed by atoms with van der Waals surface area (Å²) in [4.78, 5) is 42.6. The number of hydrogen-bond donors (Lipinski definition) is 4. The number of aromatic amines is 1. The molecular weight excluding hydrogens is 373 g/mol. The summed E-state index contributed by atoms with van der Waals surface area (Å²) < 4.78 is 12.9. The average Bonchev–Trinajstić information content (AvgIpc) is 2.55. The molecule has 144 valence electrons. The fourth-order valence-electron chi connectivity index (χ4n) is 2.03. The summed E-state index contributed by atoms with van der Waals surface area (Å²) in [6, 6.07) is 4.81. The van der Waals surface area contributed by atoms with Crippen molar-refractivity contribution in [3.63, 3.8) is 0 Å². The fraction of sp³-hybridized carbons (Fsp3) is 0.294. The summed E-state index contributed by atoms with van der Waals surface area (Å²) in [6.45, 7) is 5.56. The Hall–Kier alpha value is -2.88. The number of aromatic nitrogens is 2. The van der Waals surface area contributed by atoms with Crippen LogP contribution in [-0.4, -0.2) is 33.1 Å². The van der Waals surface area contributed by atoms with Crippen LogP contribution in [0, 0.1) is 5.82 Å². The molecule has 0 aliphatic carbocycles. The van der Waals surface area contributed by atoms with Crippen LogP contribution in [0.15, 0.2) is 34.2 Å². The zero-order valence-corrected chi connectivity index (χ0v) is 15.9. The van der Waals surface area contributed by atoms with E-state index in [-0.39, 0.29) is 39.4 Å². The minimum absolute atomic E-state index is 0.0426. The van der Waals surface area contributed by atoms with Crippen molar-refractivity contribution in [3.8, 4) is 0 Å². The Labute approximate surface area is 159 Å². The van der Waals surface area contributed by atoms with Crippen LogP contribution in [0.2, 0.25) is 0 Å². The molecule has 1 heterocycles. The maximum atomic E-state index is 12.9. The molecule has 0 aliphatic heterocycles. The van der Waals surface area contributed by atoms with Gasteiger partial charge in [0.2, 0.25) is 5.91 Å². The van der Waals surface area contributed by atoms with Crippen LogP contribution >= 0.6 is 11.8 Å². The highest BCUT2D eigenvalue weighted by Crippen LogP contribution is 2.17. The van der Waals surface area contributed by atoms with Crippen molar-refractivity contribution in [1.82, 2.24) is 15.3 Å². The molecule has 0 aliphatic rings. The first kappa shape index (κ1) is 20.4. The lowest BCUT2D eigenvalue weighted by molar-refractivity contribution is -0.119. The van der Waals surface area contributed by atoms with Crippen molar-refractivity contribution in [3.05, 3.63) is 46.0 Å². The van der Waals surface area contributed by atoms with E-state index in [9.17, 15) is 18.8 Å². The maximum Gasteiger partial charge on any atom is 0.277 e. The van der Waals surface area contributed by atoms with Gasteiger partial charge in [-0.15, -0.1) is 0 Å². The van der Waals surface area contributed by atoms with Crippen LogP contribution in [0.3, 0.4) is 0 Å². The Balaban J connectivity index is 2.08. The number of amides is 2. The number of nitrogens with one attached hydrogen (secondary N) is 3. The highest BCUT2D eigenvalue weighted by atomic mass is 32.2. The molecule has 8 nitrogen and oxygen atoms in total. The molecular formula is C17H20FN5O3S. The number of anilines is 2. The molecule has 27 heavy (non-hydrogen) atoms. The Morgan fingerprint density at radius 1 is 1.26 bits per heavy atom. The van der Waals surface area contributed by atoms with Gasteiger partial charge in [0.15, 0.2) is 11.0 Å². The number of nitrogens with zero attached hydrogens (tertiary/aromatic N) is 1. The Kier molecular flexibility index (Phi) is 6.21. The molecule has 0 atom stereocenters. The van der Waals surface area contributed by atoms with Crippen molar-refractivity contribution in [2.24, 2.45) is 0 Å². The highest BCUT2D eigenvalue weighted by Gasteiger charge is 2.17. The lowest BCUT2D eigenvalue weighted by Crippen LogP contribution is -2.41. The van der Waals surface area contributed by atoms with E-state index in [1.807, 2.05) is 20.8 Å². The predicted molar refractivity (Wildman–Crippen MR) is 102 cm³/mol. The van der Waals surface area contributed by atoms with Crippen LogP contribution in [0.1, 0.15) is 31.1 Å². The molecule has 5 N–H and O–H groups in total. The van der Waals surface area contributed by atoms with Gasteiger partial charge in [0.1, 0.15) is 11.5 Å². The number of rotatable bonds is 5. The number of nitrogen functional groups attached to an aromatic ring is 1. The second kappa shape index (κ2) is 8.21. The third kappa shape index (κ3) is 6.10. The van der Waals surface area contributed by atoms with E-state index in [2.05, 4.69) is 20.6 Å². The first-order chi connectivity index (χ1) is 12.5. The number of benzene rings is 1. The lowest BCUT2D eigenvalue weighted by Gasteiger charge is -2.20. The molecule has 0 spiro atoms. The number of halogens is 1. The van der Waals surface area contributed by atoms with Gasteiger partial charge in [0.05, 0.1) is 5.75 Å². The van der Waals surface area contributed by atoms with Gasteiger partial charge < -0.3 is 16.4 Å². The summed E-state index contributed by atoms with van der Waals surface area (Å²) in [5.74, 6) is -1.47. The molecule has 0 saturated heterocycles. The zero-order valence-electron chi connectivity index (χ0n) is 15.1. The molecule has 0 bridgehead atoms. The number of H-pyrrole nitrogens is 1. The number of hydrogen-bond acceptors (Lipinski definition) is 6. The van der Waals surface area contributed by atoms with E-state index in [0.717, 1.165) is 23.9 Å². The van der Waals surface area contributed by atoms with Gasteiger partial charge in [0.25, 0.3) is 11.5 Å². The van der Waals surface area contributed by atoms with Crippen molar-refractivity contribution >= 4 is 35.1 Å². The fourth-order valence-corrected chi connectivity index (χ4v) is 2.70. The lowest BCUT2D eigenvalue weighted by atomic mass is 10.1. The predicted octanol–water partition coefficient (Wildman–Crippen LogP) is 1.75. The van der Waals surface area contributed by atoms with Crippen molar-refractivity contribution < 1.29 is 14.0 Å². The largest absolute Gasteiger partial charge is 0.382 e. The molecule has 1 aromatic heterocycles. The Bertz CT molecular complexity index is 906. The maximum absolute atomic E-state index is 12.9. The quantitative estimate of drug-likeness (QED) is 0.452. The minimum atomic E-state index is -0.656. The number of thioether (sulfide) groups is 1. The number of carbonyl (C=O) groups excluding carboxylic acids is 2. The second-order valence-electron chi connectivity index (χ2n) is 6.68. The summed E-state index contributed by atoms with van der Waals surface area (Å²) in [6.07, 6.45) is 0. The molecule has 0 radical (unpaired) electrons. The van der Waals surface area contributed by atoms with Gasteiger partial charge in [0, 0.05) is 11.1 Å². The van der Waals surface area contributed by atoms with Gasteiger partial charge in [-0.25, -0.2) is 9.37 Å². The van der Waals surface area contributed by atoms with E-state index < -0.39 is 17.3 Å². The van der Waals surface area contributed by atoms with Crippen LogP contribution in [0.25, 0.3) is 0 Å². The molecule has 2 aromatic rings. The molecule has 0 saturated carbocycles. The minimum Gasteiger partial charge on any atom is -0.382 e. The van der Waals surface area contributed by atoms with Crippen molar-refractivity contribution in [2.45, 2.75) is 31.5 Å². The SMILES string of the molecule is CC(C)(C)NC(=O)CSc1nc(N)c(NC(=O)c2ccc(F)cc2)c(=O)[nH]1. The van der Waals surface area contributed by atoms with E-state index in [0.29, 0.717) is 0 Å². The smallest absolute Gasteiger partial charge is 0.277 e. The van der Waals surface area contributed by atoms with Gasteiger partial charge in [-0.1, -0.05) is 11.8 Å².